The molecule has 1 heterocycles. The number of aryl methyl sites for hydroxylation is 1. The van der Waals surface area contributed by atoms with E-state index in [9.17, 15) is 17.3 Å². The van der Waals surface area contributed by atoms with Crippen LogP contribution in [0.2, 0.25) is 6.04 Å². The molecule has 2 rings (SSSR count). The Balaban J connectivity index is 0.000000505. The van der Waals surface area contributed by atoms with Gasteiger partial charge in [0.25, 0.3) is 0 Å². The molecule has 0 bridgehead atoms. The van der Waals surface area contributed by atoms with Crippen molar-refractivity contribution in [3.63, 3.8) is 0 Å². The number of benzene rings is 1. The highest BCUT2D eigenvalue weighted by Gasteiger charge is 2.37. The quantitative estimate of drug-likeness (QED) is 0.413. The fourth-order valence-corrected chi connectivity index (χ4v) is 4.79. The first-order valence-corrected chi connectivity index (χ1v) is 9.94. The third kappa shape index (κ3) is 6.85. The molecule has 136 valence electrons. The average molecular weight is 385 g/mol. The van der Waals surface area contributed by atoms with Crippen LogP contribution in [0.3, 0.4) is 0 Å². The summed E-state index contributed by atoms with van der Waals surface area (Å²) >= 11 is 1.77. The van der Waals surface area contributed by atoms with Gasteiger partial charge in [0.1, 0.15) is 11.2 Å². The standard InChI is InChI=1S/C13H20NO3SSi.BF4/c1-15-19(16-2,17-3)10-6-9-14-11-18-13-8-5-4-7-12(13)14;2-1(3,4)5/h4-5,7-8,11H,6,9-10H2,1-3H3;/q+1;-1. The minimum atomic E-state index is -6.00. The molecule has 1 aromatic heterocycles. The Morgan fingerprint density at radius 1 is 1.04 bits per heavy atom. The predicted molar refractivity (Wildman–Crippen MR) is 88.4 cm³/mol. The number of para-hydroxylation sites is 1. The van der Waals surface area contributed by atoms with Gasteiger partial charge < -0.3 is 30.5 Å². The van der Waals surface area contributed by atoms with Crippen molar-refractivity contribution in [1.82, 2.24) is 0 Å². The molecule has 0 saturated heterocycles. The first-order chi connectivity index (χ1) is 11.2. The van der Waals surface area contributed by atoms with Crippen LogP contribution in [0.5, 0.6) is 0 Å². The van der Waals surface area contributed by atoms with E-state index in [2.05, 4.69) is 34.3 Å². The van der Waals surface area contributed by atoms with Crippen LogP contribution in [0.25, 0.3) is 10.2 Å². The van der Waals surface area contributed by atoms with E-state index in [1.54, 1.807) is 32.7 Å². The van der Waals surface area contributed by atoms with Gasteiger partial charge >= 0.3 is 16.1 Å². The van der Waals surface area contributed by atoms with Crippen LogP contribution in [-0.4, -0.2) is 37.4 Å². The van der Waals surface area contributed by atoms with Gasteiger partial charge in [-0.2, -0.15) is 4.57 Å². The Morgan fingerprint density at radius 3 is 2.12 bits per heavy atom. The van der Waals surface area contributed by atoms with Crippen LogP contribution in [0.1, 0.15) is 6.42 Å². The van der Waals surface area contributed by atoms with Gasteiger partial charge in [0.05, 0.1) is 0 Å². The first-order valence-electron chi connectivity index (χ1n) is 7.13. The zero-order valence-electron chi connectivity index (χ0n) is 13.7. The minimum Gasteiger partial charge on any atom is -0.418 e. The SMILES string of the molecule is CO[Si](CCC[n+]1csc2ccccc21)(OC)OC.F[B-](F)(F)F. The smallest absolute Gasteiger partial charge is 0.418 e. The Kier molecular flexibility index (Phi) is 8.30. The van der Waals surface area contributed by atoms with Crippen LogP contribution in [0.4, 0.5) is 17.3 Å². The maximum absolute atomic E-state index is 9.75. The molecule has 0 fully saturated rings. The van der Waals surface area contributed by atoms with E-state index in [1.807, 2.05) is 0 Å². The number of aromatic nitrogens is 1. The number of fused-ring (bicyclic) bond motifs is 1. The fraction of sp³-hybridized carbons (Fsp3) is 0.462. The molecule has 4 nitrogen and oxygen atoms in total. The van der Waals surface area contributed by atoms with Crippen molar-refractivity contribution in [3.8, 4) is 0 Å². The van der Waals surface area contributed by atoms with E-state index in [1.165, 1.54) is 10.2 Å². The predicted octanol–water partition coefficient (Wildman–Crippen LogP) is 3.76. The Labute approximate surface area is 143 Å². The van der Waals surface area contributed by atoms with Crippen LogP contribution >= 0.6 is 11.3 Å². The second-order valence-corrected chi connectivity index (χ2v) is 8.76. The summed E-state index contributed by atoms with van der Waals surface area (Å²) in [6, 6.07) is 9.27. The molecule has 0 atom stereocenters. The monoisotopic (exact) mass is 385 g/mol. The molecule has 0 spiro atoms. The van der Waals surface area contributed by atoms with Crippen LogP contribution in [-0.2, 0) is 19.8 Å². The largest absolute Gasteiger partial charge is 0.673 e. The number of halogens is 4. The molecule has 11 heteroatoms. The van der Waals surface area contributed by atoms with Gasteiger partial charge in [0.15, 0.2) is 0 Å². The lowest BCUT2D eigenvalue weighted by atomic mass is 10.3. The third-order valence-corrected chi connectivity index (χ3v) is 7.09. The molecule has 24 heavy (non-hydrogen) atoms. The van der Waals surface area contributed by atoms with E-state index in [-0.39, 0.29) is 0 Å². The number of hydrogen-bond donors (Lipinski definition) is 0. The number of hydrogen-bond acceptors (Lipinski definition) is 4. The van der Waals surface area contributed by atoms with Gasteiger partial charge in [0, 0.05) is 39.9 Å². The van der Waals surface area contributed by atoms with Crippen molar-refractivity contribution in [1.29, 1.82) is 0 Å². The van der Waals surface area contributed by atoms with Gasteiger partial charge in [-0.15, -0.1) is 0 Å². The maximum atomic E-state index is 9.75. The van der Waals surface area contributed by atoms with Crippen LogP contribution in [0.15, 0.2) is 29.8 Å². The van der Waals surface area contributed by atoms with Crippen molar-refractivity contribution in [3.05, 3.63) is 29.8 Å². The summed E-state index contributed by atoms with van der Waals surface area (Å²) in [5, 5.41) is 0. The van der Waals surface area contributed by atoms with Crippen LogP contribution in [0, 0.1) is 0 Å². The maximum Gasteiger partial charge on any atom is 0.673 e. The lowest BCUT2D eigenvalue weighted by Crippen LogP contribution is -2.43. The Bertz CT molecular complexity index is 610. The molecule has 2 aromatic rings. The van der Waals surface area contributed by atoms with E-state index < -0.39 is 16.1 Å². The van der Waals surface area contributed by atoms with Gasteiger partial charge in [0.2, 0.25) is 11.0 Å². The van der Waals surface area contributed by atoms with Crippen molar-refractivity contribution in [2.24, 2.45) is 0 Å². The van der Waals surface area contributed by atoms with E-state index in [4.69, 9.17) is 13.3 Å². The molecule has 0 aliphatic heterocycles. The molecule has 0 saturated carbocycles. The lowest BCUT2D eigenvalue weighted by molar-refractivity contribution is -0.667. The third-order valence-electron chi connectivity index (χ3n) is 3.30. The van der Waals surface area contributed by atoms with E-state index in [0.717, 1.165) is 19.0 Å². The molecule has 0 N–H and O–H groups in total. The molecule has 0 radical (unpaired) electrons. The molecule has 0 amide bonds. The number of rotatable bonds is 7. The lowest BCUT2D eigenvalue weighted by Gasteiger charge is -2.23. The summed E-state index contributed by atoms with van der Waals surface area (Å²) < 4.78 is 58.9. The highest BCUT2D eigenvalue weighted by atomic mass is 32.1. The molecular formula is C13H20BF4NO3SSi. The summed E-state index contributed by atoms with van der Waals surface area (Å²) in [5.74, 6) is 0. The summed E-state index contributed by atoms with van der Waals surface area (Å²) in [5.41, 5.74) is 3.45. The minimum absolute atomic E-state index is 0.827. The van der Waals surface area contributed by atoms with Gasteiger partial charge in [-0.25, -0.2) is 0 Å². The van der Waals surface area contributed by atoms with Crippen molar-refractivity contribution >= 4 is 37.6 Å². The molecule has 0 aliphatic carbocycles. The normalized spacial score (nSPS) is 12.1. The molecule has 0 aliphatic rings. The summed E-state index contributed by atoms with van der Waals surface area (Å²) in [4.78, 5) is 0. The van der Waals surface area contributed by atoms with Crippen molar-refractivity contribution in [2.75, 3.05) is 21.3 Å². The number of thiazole rings is 1. The summed E-state index contributed by atoms with van der Waals surface area (Å²) in [7, 11) is -3.45. The zero-order valence-corrected chi connectivity index (χ0v) is 15.5. The first kappa shape index (κ1) is 21.0. The van der Waals surface area contributed by atoms with Gasteiger partial charge in [-0.3, -0.25) is 0 Å². The fourth-order valence-electron chi connectivity index (χ4n) is 2.17. The van der Waals surface area contributed by atoms with E-state index in [0.29, 0.717) is 0 Å². The Hall–Kier alpha value is -1.01. The van der Waals surface area contributed by atoms with Crippen LogP contribution < -0.4 is 4.57 Å². The number of nitrogens with zero attached hydrogens (tertiary/aromatic N) is 1. The average Bonchev–Trinajstić information content (AvgIpc) is 2.94. The second-order valence-electron chi connectivity index (χ2n) is 4.78. The second kappa shape index (κ2) is 9.47. The highest BCUT2D eigenvalue weighted by molar-refractivity contribution is 7.16. The van der Waals surface area contributed by atoms with Crippen molar-refractivity contribution < 1.29 is 35.1 Å². The molecule has 0 unspecified atom stereocenters. The van der Waals surface area contributed by atoms with E-state index >= 15 is 0 Å². The molecular weight excluding hydrogens is 365 g/mol. The topological polar surface area (TPSA) is 31.6 Å². The Morgan fingerprint density at radius 2 is 1.58 bits per heavy atom. The zero-order chi connectivity index (χ0) is 18.2. The van der Waals surface area contributed by atoms with Gasteiger partial charge in [-0.05, 0) is 6.07 Å². The summed E-state index contributed by atoms with van der Waals surface area (Å²) in [6.07, 6.45) is 0.979. The summed E-state index contributed by atoms with van der Waals surface area (Å²) in [6.45, 7) is 0.953. The van der Waals surface area contributed by atoms with Crippen molar-refractivity contribution in [2.45, 2.75) is 19.0 Å². The highest BCUT2D eigenvalue weighted by Crippen LogP contribution is 2.17. The molecule has 1 aromatic carbocycles. The van der Waals surface area contributed by atoms with Gasteiger partial charge in [-0.1, -0.05) is 23.5 Å².